The van der Waals surface area contributed by atoms with Crippen LogP contribution in [0.3, 0.4) is 0 Å². The van der Waals surface area contributed by atoms with Gasteiger partial charge in [-0.25, -0.2) is 9.59 Å². The number of carbonyl (C=O) groups excluding carboxylic acids is 7. The zero-order chi connectivity index (χ0) is 45.1. The van der Waals surface area contributed by atoms with E-state index >= 15 is 0 Å². The van der Waals surface area contributed by atoms with Gasteiger partial charge in [-0.2, -0.15) is 0 Å². The van der Waals surface area contributed by atoms with E-state index in [1.54, 1.807) is 34.6 Å². The van der Waals surface area contributed by atoms with Crippen LogP contribution < -0.4 is 16.0 Å². The van der Waals surface area contributed by atoms with Crippen molar-refractivity contribution in [2.24, 2.45) is 5.92 Å². The average Bonchev–Trinajstić information content (AvgIpc) is 3.72. The third kappa shape index (κ3) is 16.1. The summed E-state index contributed by atoms with van der Waals surface area (Å²) >= 11 is 0. The van der Waals surface area contributed by atoms with Gasteiger partial charge in [-0.05, 0) is 55.4 Å². The molecule has 1 heterocycles. The van der Waals surface area contributed by atoms with Gasteiger partial charge in [-0.3, -0.25) is 24.0 Å². The first-order valence-corrected chi connectivity index (χ1v) is 20.9. The van der Waals surface area contributed by atoms with Crippen LogP contribution in [-0.4, -0.2) is 130 Å². The van der Waals surface area contributed by atoms with Crippen LogP contribution >= 0.6 is 0 Å². The van der Waals surface area contributed by atoms with Crippen LogP contribution in [0.1, 0.15) is 83.8 Å². The molecule has 0 radical (unpaired) electrons. The summed E-state index contributed by atoms with van der Waals surface area (Å²) in [6.07, 6.45) is -1.16. The van der Waals surface area contributed by atoms with Crippen molar-refractivity contribution >= 4 is 41.7 Å². The summed E-state index contributed by atoms with van der Waals surface area (Å²) in [5, 5.41) is 8.21. The molecule has 1 saturated heterocycles. The lowest BCUT2D eigenvalue weighted by molar-refractivity contribution is -0.199. The summed E-state index contributed by atoms with van der Waals surface area (Å²) in [4.78, 5) is 92.8. The van der Waals surface area contributed by atoms with Crippen molar-refractivity contribution in [3.8, 4) is 11.1 Å². The quantitative estimate of drug-likeness (QED) is 0.0701. The number of esters is 1. The summed E-state index contributed by atoms with van der Waals surface area (Å²) in [5.74, 6) is -4.81. The second kappa shape index (κ2) is 24.9. The molecule has 2 aromatic rings. The molecule has 0 spiro atoms. The van der Waals surface area contributed by atoms with E-state index < -0.39 is 65.3 Å². The number of hydroxylamine groups is 2. The van der Waals surface area contributed by atoms with Crippen LogP contribution in [0.2, 0.25) is 0 Å². The fourth-order valence-corrected chi connectivity index (χ4v) is 6.55. The van der Waals surface area contributed by atoms with E-state index in [1.807, 2.05) is 24.3 Å². The number of alkyl carbamates (subject to hydrolysis) is 1. The number of rotatable bonds is 26. The zero-order valence-electron chi connectivity index (χ0n) is 36.2. The van der Waals surface area contributed by atoms with Gasteiger partial charge in [-0.1, -0.05) is 62.4 Å². The molecule has 2 aliphatic rings. The predicted molar refractivity (Wildman–Crippen MR) is 222 cm³/mol. The third-order valence-corrected chi connectivity index (χ3v) is 9.56. The van der Waals surface area contributed by atoms with Gasteiger partial charge in [0.05, 0.1) is 52.9 Å². The molecule has 18 nitrogen and oxygen atoms in total. The Morgan fingerprint density at radius 3 is 1.81 bits per heavy atom. The van der Waals surface area contributed by atoms with Crippen LogP contribution in [0.5, 0.6) is 0 Å². The molecule has 0 saturated carbocycles. The van der Waals surface area contributed by atoms with E-state index in [0.717, 1.165) is 11.1 Å². The highest BCUT2D eigenvalue weighted by Gasteiger charge is 2.37. The van der Waals surface area contributed by atoms with Crippen LogP contribution in [0, 0.1) is 5.92 Å². The van der Waals surface area contributed by atoms with Gasteiger partial charge in [0.2, 0.25) is 11.8 Å². The molecule has 3 N–H and O–H groups in total. The Balaban J connectivity index is 1.04. The Morgan fingerprint density at radius 2 is 1.26 bits per heavy atom. The first-order valence-electron chi connectivity index (χ1n) is 20.9. The van der Waals surface area contributed by atoms with Gasteiger partial charge in [0, 0.05) is 38.1 Å². The van der Waals surface area contributed by atoms with Crippen LogP contribution in [0.4, 0.5) is 4.79 Å². The van der Waals surface area contributed by atoms with Gasteiger partial charge in [0.25, 0.3) is 11.8 Å². The predicted octanol–water partition coefficient (Wildman–Crippen LogP) is 3.34. The molecular formula is C44H60N4O14. The van der Waals surface area contributed by atoms with Gasteiger partial charge < -0.3 is 49.2 Å². The molecule has 340 valence electrons. The van der Waals surface area contributed by atoms with E-state index in [4.69, 9.17) is 33.3 Å². The first-order chi connectivity index (χ1) is 29.6. The average molecular weight is 869 g/mol. The highest BCUT2D eigenvalue weighted by molar-refractivity contribution is 6.02. The van der Waals surface area contributed by atoms with E-state index in [-0.39, 0.29) is 71.0 Å². The van der Waals surface area contributed by atoms with Crippen molar-refractivity contribution in [2.75, 3.05) is 66.0 Å². The highest BCUT2D eigenvalue weighted by atomic mass is 16.7. The molecule has 0 unspecified atom stereocenters. The maximum atomic E-state index is 13.4. The zero-order valence-corrected chi connectivity index (χ0v) is 36.2. The number of amides is 5. The van der Waals surface area contributed by atoms with Gasteiger partial charge in [-0.15, -0.1) is 5.06 Å². The summed E-state index contributed by atoms with van der Waals surface area (Å²) < 4.78 is 32.9. The number of nitrogens with zero attached hydrogens (tertiary/aromatic N) is 1. The summed E-state index contributed by atoms with van der Waals surface area (Å²) in [6.45, 7) is 10.9. The maximum Gasteiger partial charge on any atom is 0.407 e. The van der Waals surface area contributed by atoms with Crippen molar-refractivity contribution < 1.29 is 66.8 Å². The monoisotopic (exact) mass is 868 g/mol. The number of benzene rings is 2. The summed E-state index contributed by atoms with van der Waals surface area (Å²) in [5.41, 5.74) is 3.86. The normalized spacial score (nSPS) is 14.5. The Labute approximate surface area is 361 Å². The van der Waals surface area contributed by atoms with Gasteiger partial charge in [0.15, 0.2) is 0 Å². The minimum Gasteiger partial charge on any atom is -0.460 e. The minimum atomic E-state index is -1.27. The molecule has 1 fully saturated rings. The SMILES string of the molecule is CC(C)[C@H](NC(=O)[C@H](CCC(=O)OC(C)(C)C)NC(=O)CCOCCOCCOCCOCCNC(=O)OCC1c2ccccc2-c2ccccc21)C(=O)ON1C(=O)CCC1=O. The fraction of sp³-hybridized carbons (Fsp3) is 0.568. The van der Waals surface area contributed by atoms with Crippen LogP contribution in [-0.2, 0) is 62.0 Å². The standard InChI is InChI=1S/C44H60N4O14/c1-29(2)40(42(54)62-48-37(50)15-16-38(48)51)47-41(53)35(14-17-39(52)61-44(3,4)5)46-36(49)18-20-56-22-24-58-26-27-59-25-23-57-21-19-45-43(55)60-28-34-32-12-8-6-10-30(32)31-11-7-9-13-33(31)34/h6-13,29,34-35,40H,14-28H2,1-5H3,(H,45,55)(H,46,49)(H,47,53)/t35-,40-/m0/s1. The van der Waals surface area contributed by atoms with Crippen LogP contribution in [0.15, 0.2) is 48.5 Å². The number of hydrogen-bond donors (Lipinski definition) is 3. The fourth-order valence-electron chi connectivity index (χ4n) is 6.55. The number of nitrogens with one attached hydrogen (secondary N) is 3. The number of fused-ring (bicyclic) bond motifs is 3. The van der Waals surface area contributed by atoms with Crippen molar-refractivity contribution in [3.63, 3.8) is 0 Å². The minimum absolute atomic E-state index is 0.0104. The van der Waals surface area contributed by atoms with Gasteiger partial charge >= 0.3 is 18.0 Å². The Bertz CT molecular complexity index is 1790. The van der Waals surface area contributed by atoms with Gasteiger partial charge in [0.1, 0.15) is 24.3 Å². The van der Waals surface area contributed by atoms with E-state index in [9.17, 15) is 33.6 Å². The lowest BCUT2D eigenvalue weighted by atomic mass is 9.98. The van der Waals surface area contributed by atoms with Crippen molar-refractivity contribution in [1.82, 2.24) is 21.0 Å². The molecule has 62 heavy (non-hydrogen) atoms. The molecule has 2 aromatic carbocycles. The topological polar surface area (TPSA) is 223 Å². The molecule has 0 bridgehead atoms. The van der Waals surface area contributed by atoms with E-state index in [0.29, 0.717) is 38.1 Å². The Morgan fingerprint density at radius 1 is 0.726 bits per heavy atom. The second-order valence-corrected chi connectivity index (χ2v) is 15.9. The number of ether oxygens (including phenoxy) is 6. The Hall–Kier alpha value is -5.43. The van der Waals surface area contributed by atoms with Crippen molar-refractivity contribution in [3.05, 3.63) is 59.7 Å². The van der Waals surface area contributed by atoms with E-state index in [2.05, 4.69) is 40.2 Å². The maximum absolute atomic E-state index is 13.4. The molecule has 1 aliphatic heterocycles. The molecule has 0 aromatic heterocycles. The third-order valence-electron chi connectivity index (χ3n) is 9.56. The van der Waals surface area contributed by atoms with Crippen LogP contribution in [0.25, 0.3) is 11.1 Å². The number of imide groups is 1. The van der Waals surface area contributed by atoms with E-state index in [1.165, 1.54) is 11.1 Å². The smallest absolute Gasteiger partial charge is 0.407 e. The molecule has 18 heteroatoms. The van der Waals surface area contributed by atoms with Crippen molar-refractivity contribution in [1.29, 1.82) is 0 Å². The number of carbonyl (C=O) groups is 7. The Kier molecular flexibility index (Phi) is 19.7. The molecule has 4 rings (SSSR count). The molecule has 5 amide bonds. The van der Waals surface area contributed by atoms with Crippen molar-refractivity contribution in [2.45, 2.75) is 90.3 Å². The molecule has 2 atom stereocenters. The highest BCUT2D eigenvalue weighted by Crippen LogP contribution is 2.44. The molecule has 1 aliphatic carbocycles. The largest absolute Gasteiger partial charge is 0.460 e. The lowest BCUT2D eigenvalue weighted by Gasteiger charge is -2.26. The lowest BCUT2D eigenvalue weighted by Crippen LogP contribution is -2.54. The summed E-state index contributed by atoms with van der Waals surface area (Å²) in [7, 11) is 0. The first kappa shape index (κ1) is 49.2. The number of hydrogen-bond acceptors (Lipinski definition) is 14. The second-order valence-electron chi connectivity index (χ2n) is 15.9. The summed E-state index contributed by atoms with van der Waals surface area (Å²) in [6, 6.07) is 13.8. The molecular weight excluding hydrogens is 808 g/mol.